The van der Waals surface area contributed by atoms with Crippen LogP contribution in [-0.4, -0.2) is 34.6 Å². The molecule has 1 atom stereocenters. The molecule has 0 radical (unpaired) electrons. The van der Waals surface area contributed by atoms with E-state index < -0.39 is 4.92 Å². The number of hydrogen-bond acceptors (Lipinski definition) is 7. The predicted octanol–water partition coefficient (Wildman–Crippen LogP) is 1.32. The van der Waals surface area contributed by atoms with Gasteiger partial charge in [-0.25, -0.2) is 4.98 Å². The fourth-order valence-corrected chi connectivity index (χ4v) is 2.69. The molecular weight excluding hydrogens is 262 g/mol. The highest BCUT2D eigenvalue weighted by Gasteiger charge is 2.29. The second-order valence-electron chi connectivity index (χ2n) is 4.87. The summed E-state index contributed by atoms with van der Waals surface area (Å²) < 4.78 is 4.92. The monoisotopic (exact) mass is 281 g/mol. The van der Waals surface area contributed by atoms with Gasteiger partial charge in [0, 0.05) is 12.6 Å². The van der Waals surface area contributed by atoms with Crippen molar-refractivity contribution in [1.82, 2.24) is 9.97 Å². The van der Waals surface area contributed by atoms with Crippen LogP contribution in [0.5, 0.6) is 5.88 Å². The Morgan fingerprint density at radius 3 is 2.80 bits per heavy atom. The van der Waals surface area contributed by atoms with Crippen molar-refractivity contribution in [2.24, 2.45) is 11.7 Å². The first-order valence-electron chi connectivity index (χ1n) is 6.67. The zero-order valence-corrected chi connectivity index (χ0v) is 11.4. The number of anilines is 1. The largest absolute Gasteiger partial charge is 0.476 e. The molecule has 1 aliphatic carbocycles. The number of nitro groups is 1. The molecule has 3 N–H and O–H groups in total. The summed E-state index contributed by atoms with van der Waals surface area (Å²) in [5, 5.41) is 14.3. The van der Waals surface area contributed by atoms with Crippen LogP contribution >= 0.6 is 0 Å². The Morgan fingerprint density at radius 1 is 1.55 bits per heavy atom. The van der Waals surface area contributed by atoms with E-state index in [4.69, 9.17) is 10.5 Å². The van der Waals surface area contributed by atoms with Crippen LogP contribution in [0.1, 0.15) is 25.7 Å². The Hall–Kier alpha value is -1.96. The van der Waals surface area contributed by atoms with Gasteiger partial charge in [0.15, 0.2) is 0 Å². The third-order valence-corrected chi connectivity index (χ3v) is 3.71. The summed E-state index contributed by atoms with van der Waals surface area (Å²) >= 11 is 0. The Morgan fingerprint density at radius 2 is 2.25 bits per heavy atom. The molecule has 8 heteroatoms. The fraction of sp³-hybridized carbons (Fsp3) is 0.667. The molecule has 0 amide bonds. The van der Waals surface area contributed by atoms with Crippen molar-refractivity contribution in [1.29, 1.82) is 0 Å². The molecule has 1 heterocycles. The van der Waals surface area contributed by atoms with Crippen molar-refractivity contribution in [3.8, 4) is 5.88 Å². The van der Waals surface area contributed by atoms with Gasteiger partial charge in [0.2, 0.25) is 5.82 Å². The van der Waals surface area contributed by atoms with Crippen molar-refractivity contribution in [2.45, 2.75) is 31.7 Å². The Bertz CT molecular complexity index is 476. The highest BCUT2D eigenvalue weighted by Crippen LogP contribution is 2.34. The molecule has 1 saturated carbocycles. The number of ether oxygens (including phenoxy) is 1. The summed E-state index contributed by atoms with van der Waals surface area (Å²) in [4.78, 5) is 18.4. The van der Waals surface area contributed by atoms with Gasteiger partial charge in [-0.2, -0.15) is 4.98 Å². The maximum absolute atomic E-state index is 11.2. The first-order valence-corrected chi connectivity index (χ1v) is 6.67. The van der Waals surface area contributed by atoms with Gasteiger partial charge < -0.3 is 15.8 Å². The average Bonchev–Trinajstić information content (AvgIpc) is 2.97. The van der Waals surface area contributed by atoms with Gasteiger partial charge in [-0.15, -0.1) is 0 Å². The second-order valence-corrected chi connectivity index (χ2v) is 4.87. The first kappa shape index (κ1) is 14.4. The lowest BCUT2D eigenvalue weighted by Crippen LogP contribution is -2.35. The summed E-state index contributed by atoms with van der Waals surface area (Å²) in [6, 6.07) is -0.0178. The van der Waals surface area contributed by atoms with E-state index >= 15 is 0 Å². The molecule has 1 fully saturated rings. The van der Waals surface area contributed by atoms with E-state index in [2.05, 4.69) is 15.3 Å². The van der Waals surface area contributed by atoms with E-state index in [1.165, 1.54) is 26.3 Å². The van der Waals surface area contributed by atoms with E-state index in [0.717, 1.165) is 12.8 Å². The zero-order chi connectivity index (χ0) is 14.5. The molecule has 1 aromatic heterocycles. The Kier molecular flexibility index (Phi) is 4.67. The highest BCUT2D eigenvalue weighted by atomic mass is 16.6. The van der Waals surface area contributed by atoms with Crippen molar-refractivity contribution in [3.05, 3.63) is 16.4 Å². The normalized spacial score (nSPS) is 16.9. The number of hydrogen-bond donors (Lipinski definition) is 2. The predicted molar refractivity (Wildman–Crippen MR) is 73.7 cm³/mol. The second kappa shape index (κ2) is 6.47. The molecule has 1 unspecified atom stereocenters. The fourth-order valence-electron chi connectivity index (χ4n) is 2.69. The SMILES string of the molecule is COc1ncnc(NC(CN)C2CCCC2)c1[N+](=O)[O-]. The smallest absolute Gasteiger partial charge is 0.372 e. The van der Waals surface area contributed by atoms with Crippen molar-refractivity contribution in [2.75, 3.05) is 19.0 Å². The topological polar surface area (TPSA) is 116 Å². The van der Waals surface area contributed by atoms with Crippen LogP contribution in [0.2, 0.25) is 0 Å². The number of nitrogens with one attached hydrogen (secondary N) is 1. The molecule has 1 aromatic rings. The molecule has 110 valence electrons. The first-order chi connectivity index (χ1) is 9.67. The van der Waals surface area contributed by atoms with E-state index in [0.29, 0.717) is 12.5 Å². The van der Waals surface area contributed by atoms with Crippen molar-refractivity contribution >= 4 is 11.5 Å². The molecule has 0 aliphatic heterocycles. The summed E-state index contributed by atoms with van der Waals surface area (Å²) in [7, 11) is 1.34. The molecule has 0 aromatic carbocycles. The lowest BCUT2D eigenvalue weighted by Gasteiger charge is -2.23. The summed E-state index contributed by atoms with van der Waals surface area (Å²) in [6.07, 6.45) is 5.78. The van der Waals surface area contributed by atoms with E-state index in [1.807, 2.05) is 0 Å². The maximum Gasteiger partial charge on any atom is 0.372 e. The van der Waals surface area contributed by atoms with E-state index in [-0.39, 0.29) is 23.4 Å². The van der Waals surface area contributed by atoms with Crippen LogP contribution in [0.4, 0.5) is 11.5 Å². The number of aromatic nitrogens is 2. The van der Waals surface area contributed by atoms with Gasteiger partial charge in [0.25, 0.3) is 5.88 Å². The van der Waals surface area contributed by atoms with Gasteiger partial charge in [-0.05, 0) is 18.8 Å². The van der Waals surface area contributed by atoms with Crippen LogP contribution < -0.4 is 15.8 Å². The molecule has 0 spiro atoms. The van der Waals surface area contributed by atoms with E-state index in [1.54, 1.807) is 0 Å². The zero-order valence-electron chi connectivity index (χ0n) is 11.4. The van der Waals surface area contributed by atoms with Crippen LogP contribution in [-0.2, 0) is 0 Å². The van der Waals surface area contributed by atoms with Crippen LogP contribution in [0.15, 0.2) is 6.33 Å². The summed E-state index contributed by atoms with van der Waals surface area (Å²) in [5.41, 5.74) is 5.55. The van der Waals surface area contributed by atoms with Gasteiger partial charge in [0.1, 0.15) is 6.33 Å². The molecule has 0 saturated heterocycles. The summed E-state index contributed by atoms with van der Waals surface area (Å²) in [5.74, 6) is 0.555. The number of nitrogens with two attached hydrogens (primary N) is 1. The quantitative estimate of drug-likeness (QED) is 0.596. The lowest BCUT2D eigenvalue weighted by molar-refractivity contribution is -0.385. The highest BCUT2D eigenvalue weighted by molar-refractivity contribution is 5.61. The van der Waals surface area contributed by atoms with Gasteiger partial charge in [-0.1, -0.05) is 12.8 Å². The number of nitrogens with zero attached hydrogens (tertiary/aromatic N) is 3. The van der Waals surface area contributed by atoms with Crippen LogP contribution in [0.25, 0.3) is 0 Å². The summed E-state index contributed by atoms with van der Waals surface area (Å²) in [6.45, 7) is 0.411. The molecule has 20 heavy (non-hydrogen) atoms. The third-order valence-electron chi connectivity index (χ3n) is 3.71. The standard InChI is InChI=1S/C12H19N5O3/c1-20-12-10(17(18)19)11(14-7-15-12)16-9(6-13)8-4-2-3-5-8/h7-9H,2-6,13H2,1H3,(H,14,15,16). The molecular formula is C12H19N5O3. The van der Waals surface area contributed by atoms with Crippen molar-refractivity contribution in [3.63, 3.8) is 0 Å². The Labute approximate surface area is 116 Å². The van der Waals surface area contributed by atoms with Crippen molar-refractivity contribution < 1.29 is 9.66 Å². The molecule has 2 rings (SSSR count). The molecule has 8 nitrogen and oxygen atoms in total. The molecule has 1 aliphatic rings. The van der Waals surface area contributed by atoms with Gasteiger partial charge in [0.05, 0.1) is 12.0 Å². The van der Waals surface area contributed by atoms with Crippen LogP contribution in [0.3, 0.4) is 0 Å². The third kappa shape index (κ3) is 2.96. The maximum atomic E-state index is 11.2. The lowest BCUT2D eigenvalue weighted by atomic mass is 9.98. The number of rotatable bonds is 6. The van der Waals surface area contributed by atoms with Crippen LogP contribution in [0, 0.1) is 16.0 Å². The number of methoxy groups -OCH3 is 1. The molecule has 0 bridgehead atoms. The minimum atomic E-state index is -0.538. The van der Waals surface area contributed by atoms with E-state index in [9.17, 15) is 10.1 Å². The average molecular weight is 281 g/mol. The van der Waals surface area contributed by atoms with Gasteiger partial charge >= 0.3 is 5.69 Å². The van der Waals surface area contributed by atoms with Gasteiger partial charge in [-0.3, -0.25) is 10.1 Å². The Balaban J connectivity index is 2.25. The minimum absolute atomic E-state index is 0.0178. The minimum Gasteiger partial charge on any atom is -0.476 e.